The van der Waals surface area contributed by atoms with Crippen LogP contribution < -0.4 is 10.1 Å². The number of amides is 2. The van der Waals surface area contributed by atoms with E-state index in [1.165, 1.54) is 0 Å². The van der Waals surface area contributed by atoms with E-state index in [0.717, 1.165) is 35.1 Å². The third-order valence-corrected chi connectivity index (χ3v) is 5.49. The molecule has 2 N–H and O–H groups in total. The van der Waals surface area contributed by atoms with E-state index in [4.69, 9.17) is 4.74 Å². The highest BCUT2D eigenvalue weighted by Gasteiger charge is 2.26. The zero-order valence-corrected chi connectivity index (χ0v) is 16.5. The average molecular weight is 391 g/mol. The van der Waals surface area contributed by atoms with E-state index in [-0.39, 0.29) is 17.9 Å². The van der Waals surface area contributed by atoms with E-state index in [1.54, 1.807) is 13.3 Å². The van der Waals surface area contributed by atoms with Crippen molar-refractivity contribution >= 4 is 22.7 Å². The van der Waals surface area contributed by atoms with Crippen LogP contribution in [0.15, 0.2) is 54.7 Å². The highest BCUT2D eigenvalue weighted by Crippen LogP contribution is 2.21. The van der Waals surface area contributed by atoms with E-state index in [2.05, 4.69) is 10.3 Å². The minimum atomic E-state index is 0.0107. The molecule has 1 aliphatic heterocycles. The molecule has 0 unspecified atom stereocenters. The number of hydrogen-bond acceptors (Lipinski definition) is 3. The number of methoxy groups -OCH3 is 1. The molecule has 0 saturated carbocycles. The summed E-state index contributed by atoms with van der Waals surface area (Å²) >= 11 is 0. The fourth-order valence-corrected chi connectivity index (χ4v) is 3.85. The molecule has 0 atom stereocenters. The Hall–Kier alpha value is -3.28. The molecule has 1 fully saturated rings. The van der Waals surface area contributed by atoms with Gasteiger partial charge < -0.3 is 19.9 Å². The fraction of sp³-hybridized carbons (Fsp3) is 0.304. The summed E-state index contributed by atoms with van der Waals surface area (Å²) in [5, 5.41) is 4.06. The zero-order valence-electron chi connectivity index (χ0n) is 16.5. The maximum Gasteiger partial charge on any atom is 0.256 e. The van der Waals surface area contributed by atoms with E-state index in [0.29, 0.717) is 25.1 Å². The van der Waals surface area contributed by atoms with Crippen molar-refractivity contribution in [3.63, 3.8) is 0 Å². The van der Waals surface area contributed by atoms with Crippen molar-refractivity contribution in [2.45, 2.75) is 25.3 Å². The SMILES string of the molecule is COc1ccc(CC(=O)NC2CCN(C(=O)c3c[nH]c4ccccc34)CC2)cc1. The first kappa shape index (κ1) is 19.1. The number of likely N-dealkylation sites (tertiary alicyclic amines) is 1. The highest BCUT2D eigenvalue weighted by atomic mass is 16.5. The van der Waals surface area contributed by atoms with Crippen LogP contribution in [0.25, 0.3) is 10.9 Å². The van der Waals surface area contributed by atoms with Gasteiger partial charge in [-0.05, 0) is 36.6 Å². The molecule has 29 heavy (non-hydrogen) atoms. The first-order chi connectivity index (χ1) is 14.1. The van der Waals surface area contributed by atoms with Crippen LogP contribution in [0.2, 0.25) is 0 Å². The van der Waals surface area contributed by atoms with Gasteiger partial charge in [0.05, 0.1) is 19.1 Å². The van der Waals surface area contributed by atoms with Gasteiger partial charge in [0.1, 0.15) is 5.75 Å². The van der Waals surface area contributed by atoms with Gasteiger partial charge in [-0.25, -0.2) is 0 Å². The number of rotatable bonds is 5. The average Bonchev–Trinajstić information content (AvgIpc) is 3.18. The summed E-state index contributed by atoms with van der Waals surface area (Å²) < 4.78 is 5.14. The third kappa shape index (κ3) is 4.26. The first-order valence-corrected chi connectivity index (χ1v) is 9.92. The van der Waals surface area contributed by atoms with Gasteiger partial charge in [0.25, 0.3) is 5.91 Å². The minimum Gasteiger partial charge on any atom is -0.497 e. The molecule has 1 aromatic heterocycles. The van der Waals surface area contributed by atoms with Gasteiger partial charge in [-0.3, -0.25) is 9.59 Å². The fourth-order valence-electron chi connectivity index (χ4n) is 3.85. The summed E-state index contributed by atoms with van der Waals surface area (Å²) in [6.07, 6.45) is 3.67. The third-order valence-electron chi connectivity index (χ3n) is 5.49. The molecule has 2 amide bonds. The number of aromatic nitrogens is 1. The van der Waals surface area contributed by atoms with Crippen molar-refractivity contribution in [3.05, 3.63) is 65.9 Å². The van der Waals surface area contributed by atoms with Gasteiger partial charge in [0.2, 0.25) is 5.91 Å². The summed E-state index contributed by atoms with van der Waals surface area (Å²) in [7, 11) is 1.62. The lowest BCUT2D eigenvalue weighted by Gasteiger charge is -2.32. The van der Waals surface area contributed by atoms with Crippen LogP contribution in [0.3, 0.4) is 0 Å². The Bertz CT molecular complexity index is 1000. The number of carbonyl (C=O) groups excluding carboxylic acids is 2. The number of aromatic amines is 1. The molecule has 0 bridgehead atoms. The second kappa shape index (κ2) is 8.39. The molecule has 2 heterocycles. The van der Waals surface area contributed by atoms with Gasteiger partial charge in [-0.15, -0.1) is 0 Å². The summed E-state index contributed by atoms with van der Waals surface area (Å²) in [4.78, 5) is 30.3. The standard InChI is InChI=1S/C23H25N3O3/c1-29-18-8-6-16(7-9-18)14-22(27)25-17-10-12-26(13-11-17)23(28)20-15-24-21-5-3-2-4-19(20)21/h2-9,15,17,24H,10-14H2,1H3,(H,25,27). The van der Waals surface area contributed by atoms with E-state index in [9.17, 15) is 9.59 Å². The largest absolute Gasteiger partial charge is 0.497 e. The van der Waals surface area contributed by atoms with Crippen LogP contribution in [-0.4, -0.2) is 47.9 Å². The van der Waals surface area contributed by atoms with Gasteiger partial charge in [-0.1, -0.05) is 30.3 Å². The van der Waals surface area contributed by atoms with Crippen LogP contribution in [0, 0.1) is 0 Å². The lowest BCUT2D eigenvalue weighted by molar-refractivity contribution is -0.121. The Balaban J connectivity index is 1.29. The number of H-pyrrole nitrogens is 1. The van der Waals surface area contributed by atoms with Crippen molar-refractivity contribution in [1.29, 1.82) is 0 Å². The molecule has 0 spiro atoms. The molecule has 2 aromatic carbocycles. The number of nitrogens with zero attached hydrogens (tertiary/aromatic N) is 1. The number of carbonyl (C=O) groups is 2. The van der Waals surface area contributed by atoms with Crippen molar-refractivity contribution < 1.29 is 14.3 Å². The second-order valence-electron chi connectivity index (χ2n) is 7.41. The molecule has 0 radical (unpaired) electrons. The summed E-state index contributed by atoms with van der Waals surface area (Å²) in [5.74, 6) is 0.837. The van der Waals surface area contributed by atoms with E-state index in [1.807, 2.05) is 53.4 Å². The second-order valence-corrected chi connectivity index (χ2v) is 7.41. The maximum absolute atomic E-state index is 12.9. The molecule has 1 aliphatic rings. The van der Waals surface area contributed by atoms with E-state index < -0.39 is 0 Å². The van der Waals surface area contributed by atoms with Crippen LogP contribution >= 0.6 is 0 Å². The first-order valence-electron chi connectivity index (χ1n) is 9.92. The molecule has 150 valence electrons. The Labute approximate surface area is 169 Å². The summed E-state index contributed by atoms with van der Waals surface area (Å²) in [5.41, 5.74) is 2.63. The lowest BCUT2D eigenvalue weighted by Crippen LogP contribution is -2.46. The number of ether oxygens (including phenoxy) is 1. The predicted molar refractivity (Wildman–Crippen MR) is 112 cm³/mol. The Morgan fingerprint density at radius 2 is 1.83 bits per heavy atom. The Morgan fingerprint density at radius 1 is 1.10 bits per heavy atom. The number of benzene rings is 2. The Morgan fingerprint density at radius 3 is 2.55 bits per heavy atom. The normalized spacial score (nSPS) is 14.7. The van der Waals surface area contributed by atoms with Crippen LogP contribution in [0.4, 0.5) is 0 Å². The molecule has 3 aromatic rings. The topological polar surface area (TPSA) is 74.4 Å². The van der Waals surface area contributed by atoms with E-state index >= 15 is 0 Å². The molecule has 6 heteroatoms. The maximum atomic E-state index is 12.9. The van der Waals surface area contributed by atoms with Crippen molar-refractivity contribution in [1.82, 2.24) is 15.2 Å². The summed E-state index contributed by atoms with van der Waals surface area (Å²) in [6, 6.07) is 15.5. The smallest absolute Gasteiger partial charge is 0.256 e. The number of nitrogens with one attached hydrogen (secondary N) is 2. The monoisotopic (exact) mass is 391 g/mol. The van der Waals surface area contributed by atoms with Crippen LogP contribution in [0.5, 0.6) is 5.75 Å². The highest BCUT2D eigenvalue weighted by molar-refractivity contribution is 6.06. The molecule has 1 saturated heterocycles. The van der Waals surface area contributed by atoms with Crippen LogP contribution in [-0.2, 0) is 11.2 Å². The molecular weight excluding hydrogens is 366 g/mol. The minimum absolute atomic E-state index is 0.0107. The van der Waals surface area contributed by atoms with Gasteiger partial charge >= 0.3 is 0 Å². The van der Waals surface area contributed by atoms with Crippen molar-refractivity contribution in [2.75, 3.05) is 20.2 Å². The Kier molecular flexibility index (Phi) is 5.51. The number of piperidine rings is 1. The lowest BCUT2D eigenvalue weighted by atomic mass is 10.0. The molecule has 0 aliphatic carbocycles. The summed E-state index contributed by atoms with van der Waals surface area (Å²) in [6.45, 7) is 1.29. The number of fused-ring (bicyclic) bond motifs is 1. The zero-order chi connectivity index (χ0) is 20.2. The van der Waals surface area contributed by atoms with Crippen LogP contribution in [0.1, 0.15) is 28.8 Å². The quantitative estimate of drug-likeness (QED) is 0.702. The van der Waals surface area contributed by atoms with Gasteiger partial charge in [0.15, 0.2) is 0 Å². The van der Waals surface area contributed by atoms with Gasteiger partial charge in [0, 0.05) is 36.2 Å². The number of hydrogen-bond donors (Lipinski definition) is 2. The van der Waals surface area contributed by atoms with Crippen molar-refractivity contribution in [2.24, 2.45) is 0 Å². The molecular formula is C23H25N3O3. The molecule has 6 nitrogen and oxygen atoms in total. The predicted octanol–water partition coefficient (Wildman–Crippen LogP) is 3.14. The molecule has 4 rings (SSSR count). The van der Waals surface area contributed by atoms with Crippen molar-refractivity contribution in [3.8, 4) is 5.75 Å². The number of para-hydroxylation sites is 1. The van der Waals surface area contributed by atoms with Gasteiger partial charge in [-0.2, -0.15) is 0 Å².